The molecule has 0 bridgehead atoms. The predicted octanol–water partition coefficient (Wildman–Crippen LogP) is 1.64. The lowest BCUT2D eigenvalue weighted by Gasteiger charge is -2.37. The largest absolute Gasteiger partial charge is 0.392 e. The molecule has 2 atom stereocenters. The van der Waals surface area contributed by atoms with Gasteiger partial charge in [0.05, 0.1) is 11.8 Å². The minimum Gasteiger partial charge on any atom is -0.392 e. The van der Waals surface area contributed by atoms with E-state index in [0.29, 0.717) is 12.5 Å². The Kier molecular flexibility index (Phi) is 4.20. The van der Waals surface area contributed by atoms with Gasteiger partial charge in [0.1, 0.15) is 0 Å². The smallest absolute Gasteiger partial charge is 0.247 e. The van der Waals surface area contributed by atoms with Crippen molar-refractivity contribution in [2.45, 2.75) is 31.8 Å². The summed E-state index contributed by atoms with van der Waals surface area (Å²) in [6.45, 7) is 2.21. The summed E-state index contributed by atoms with van der Waals surface area (Å²) in [5.74, 6) is 0.838. The van der Waals surface area contributed by atoms with Gasteiger partial charge in [0.2, 0.25) is 5.95 Å². The Labute approximate surface area is 141 Å². The molecule has 1 aliphatic heterocycles. The lowest BCUT2D eigenvalue weighted by molar-refractivity contribution is -0.0545. The van der Waals surface area contributed by atoms with Crippen LogP contribution in [-0.4, -0.2) is 51.2 Å². The summed E-state index contributed by atoms with van der Waals surface area (Å²) in [6, 6.07) is 9.79. The molecule has 1 saturated carbocycles. The third-order valence-corrected chi connectivity index (χ3v) is 5.57. The molecule has 2 N–H and O–H groups in total. The molecule has 1 saturated heterocycles. The van der Waals surface area contributed by atoms with Gasteiger partial charge in [0, 0.05) is 31.1 Å². The average Bonchev–Trinajstić information content (AvgIpc) is 3.21. The van der Waals surface area contributed by atoms with Crippen molar-refractivity contribution >= 4 is 5.95 Å². The SMILES string of the molecule is O[C@@H]1[C@@H](CNc2nnnn2-c2ccccc2)CCC12CCOCC2. The molecule has 7 heteroatoms. The maximum absolute atomic E-state index is 10.8. The monoisotopic (exact) mass is 329 g/mol. The number of rotatable bonds is 4. The normalized spacial score (nSPS) is 25.9. The number of aromatic nitrogens is 4. The quantitative estimate of drug-likeness (QED) is 0.887. The second-order valence-corrected chi connectivity index (χ2v) is 6.85. The first-order valence-electron chi connectivity index (χ1n) is 8.62. The number of aliphatic hydroxyl groups excluding tert-OH is 1. The van der Waals surface area contributed by atoms with Crippen LogP contribution in [-0.2, 0) is 4.74 Å². The third kappa shape index (κ3) is 2.78. The molecule has 1 aliphatic carbocycles. The van der Waals surface area contributed by atoms with Crippen molar-refractivity contribution in [2.24, 2.45) is 11.3 Å². The standard InChI is InChI=1S/C17H23N5O2/c23-15-13(6-7-17(15)8-10-24-11-9-17)12-18-16-19-20-21-22(16)14-4-2-1-3-5-14/h1-5,13,15,23H,6-12H2,(H,18,19,21)/t13-,15-/m1/s1. The van der Waals surface area contributed by atoms with Gasteiger partial charge in [0.25, 0.3) is 0 Å². The zero-order valence-electron chi connectivity index (χ0n) is 13.6. The van der Waals surface area contributed by atoms with E-state index in [0.717, 1.165) is 44.6 Å². The van der Waals surface area contributed by atoms with Gasteiger partial charge in [-0.3, -0.25) is 0 Å². The molecule has 24 heavy (non-hydrogen) atoms. The van der Waals surface area contributed by atoms with Crippen LogP contribution >= 0.6 is 0 Å². The first kappa shape index (κ1) is 15.5. The van der Waals surface area contributed by atoms with E-state index in [4.69, 9.17) is 4.74 Å². The Hall–Kier alpha value is -1.99. The van der Waals surface area contributed by atoms with E-state index in [1.165, 1.54) is 0 Å². The minimum absolute atomic E-state index is 0.0515. The first-order chi connectivity index (χ1) is 11.8. The van der Waals surface area contributed by atoms with Crippen molar-refractivity contribution < 1.29 is 9.84 Å². The number of nitrogens with one attached hydrogen (secondary N) is 1. The summed E-state index contributed by atoms with van der Waals surface area (Å²) in [7, 11) is 0. The molecular weight excluding hydrogens is 306 g/mol. The van der Waals surface area contributed by atoms with Crippen LogP contribution in [0.2, 0.25) is 0 Å². The highest BCUT2D eigenvalue weighted by molar-refractivity contribution is 5.38. The van der Waals surface area contributed by atoms with E-state index in [9.17, 15) is 5.11 Å². The Bertz CT molecular complexity index is 669. The maximum atomic E-state index is 10.8. The van der Waals surface area contributed by atoms with E-state index in [1.54, 1.807) is 4.68 Å². The molecule has 7 nitrogen and oxygen atoms in total. The molecule has 0 radical (unpaired) electrons. The summed E-state index contributed by atoms with van der Waals surface area (Å²) in [5.41, 5.74) is 0.966. The van der Waals surface area contributed by atoms with Crippen molar-refractivity contribution in [1.29, 1.82) is 0 Å². The van der Waals surface area contributed by atoms with Crippen LogP contribution in [0.25, 0.3) is 5.69 Å². The van der Waals surface area contributed by atoms with Gasteiger partial charge in [-0.2, -0.15) is 4.68 Å². The number of benzene rings is 1. The molecule has 0 unspecified atom stereocenters. The van der Waals surface area contributed by atoms with Gasteiger partial charge in [0.15, 0.2) is 0 Å². The number of hydrogen-bond acceptors (Lipinski definition) is 6. The number of hydrogen-bond donors (Lipinski definition) is 2. The molecule has 2 aliphatic rings. The highest BCUT2D eigenvalue weighted by Gasteiger charge is 2.48. The second-order valence-electron chi connectivity index (χ2n) is 6.85. The molecule has 1 aromatic heterocycles. The highest BCUT2D eigenvalue weighted by Crippen LogP contribution is 2.48. The Morgan fingerprint density at radius 1 is 1.21 bits per heavy atom. The van der Waals surface area contributed by atoms with Crippen LogP contribution in [0.4, 0.5) is 5.95 Å². The highest BCUT2D eigenvalue weighted by atomic mass is 16.5. The van der Waals surface area contributed by atoms with Crippen LogP contribution in [0, 0.1) is 11.3 Å². The number of ether oxygens (including phenoxy) is 1. The summed E-state index contributed by atoms with van der Waals surface area (Å²) in [5, 5.41) is 26.0. The van der Waals surface area contributed by atoms with Crippen LogP contribution in [0.15, 0.2) is 30.3 Å². The molecule has 128 valence electrons. The minimum atomic E-state index is -0.282. The zero-order valence-corrected chi connectivity index (χ0v) is 13.6. The van der Waals surface area contributed by atoms with Crippen molar-refractivity contribution in [3.8, 4) is 5.69 Å². The summed E-state index contributed by atoms with van der Waals surface area (Å²) >= 11 is 0. The van der Waals surface area contributed by atoms with Gasteiger partial charge in [-0.25, -0.2) is 0 Å². The van der Waals surface area contributed by atoms with E-state index in [-0.39, 0.29) is 17.4 Å². The van der Waals surface area contributed by atoms with Gasteiger partial charge in [-0.05, 0) is 48.2 Å². The lowest BCUT2D eigenvalue weighted by Crippen LogP contribution is -2.40. The summed E-state index contributed by atoms with van der Waals surface area (Å²) < 4.78 is 7.15. The van der Waals surface area contributed by atoms with Crippen molar-refractivity contribution in [1.82, 2.24) is 20.2 Å². The third-order valence-electron chi connectivity index (χ3n) is 5.57. The number of nitrogens with zero attached hydrogens (tertiary/aromatic N) is 4. The number of aliphatic hydroxyl groups is 1. The molecule has 0 amide bonds. The predicted molar refractivity (Wildman–Crippen MR) is 88.9 cm³/mol. The fraction of sp³-hybridized carbons (Fsp3) is 0.588. The van der Waals surface area contributed by atoms with Gasteiger partial charge in [-0.15, -0.1) is 0 Å². The van der Waals surface area contributed by atoms with Crippen LogP contribution < -0.4 is 5.32 Å². The number of anilines is 1. The van der Waals surface area contributed by atoms with Gasteiger partial charge >= 0.3 is 0 Å². The summed E-state index contributed by atoms with van der Waals surface area (Å²) in [4.78, 5) is 0. The van der Waals surface area contributed by atoms with Crippen molar-refractivity contribution in [3.05, 3.63) is 30.3 Å². The maximum Gasteiger partial charge on any atom is 0.247 e. The Balaban J connectivity index is 1.42. The number of para-hydroxylation sites is 1. The molecule has 2 aromatic rings. The fourth-order valence-electron chi connectivity index (χ4n) is 4.08. The van der Waals surface area contributed by atoms with E-state index in [1.807, 2.05) is 30.3 Å². The Morgan fingerprint density at radius 2 is 2.00 bits per heavy atom. The van der Waals surface area contributed by atoms with E-state index < -0.39 is 0 Å². The van der Waals surface area contributed by atoms with Crippen molar-refractivity contribution in [3.63, 3.8) is 0 Å². The molecule has 2 fully saturated rings. The zero-order chi connectivity index (χ0) is 16.4. The molecule has 1 spiro atoms. The Morgan fingerprint density at radius 3 is 2.79 bits per heavy atom. The van der Waals surface area contributed by atoms with Crippen molar-refractivity contribution in [2.75, 3.05) is 25.1 Å². The first-order valence-corrected chi connectivity index (χ1v) is 8.62. The topological polar surface area (TPSA) is 85.1 Å². The van der Waals surface area contributed by atoms with Crippen LogP contribution in [0.1, 0.15) is 25.7 Å². The van der Waals surface area contributed by atoms with E-state index in [2.05, 4.69) is 20.8 Å². The average molecular weight is 329 g/mol. The molecule has 1 aromatic carbocycles. The van der Waals surface area contributed by atoms with Crippen LogP contribution in [0.5, 0.6) is 0 Å². The fourth-order valence-corrected chi connectivity index (χ4v) is 4.08. The van der Waals surface area contributed by atoms with Gasteiger partial charge in [-0.1, -0.05) is 23.3 Å². The number of tetrazole rings is 1. The molecule has 4 rings (SSSR count). The van der Waals surface area contributed by atoms with Crippen LogP contribution in [0.3, 0.4) is 0 Å². The second kappa shape index (κ2) is 6.49. The lowest BCUT2D eigenvalue weighted by atomic mass is 9.76. The molecule has 2 heterocycles. The van der Waals surface area contributed by atoms with Gasteiger partial charge < -0.3 is 15.2 Å². The summed E-state index contributed by atoms with van der Waals surface area (Å²) in [6.07, 6.45) is 3.75. The molecular formula is C17H23N5O2. The van der Waals surface area contributed by atoms with E-state index >= 15 is 0 Å².